The minimum absolute atomic E-state index is 0.625. The number of nitrogens with zero attached hydrogens (tertiary/aromatic N) is 4. The first kappa shape index (κ1) is 10.6. The molecule has 4 nitrogen and oxygen atoms in total. The molecule has 1 atom stereocenters. The van der Waals surface area contributed by atoms with Crippen molar-refractivity contribution in [2.45, 2.75) is 19.5 Å². The molecule has 1 saturated heterocycles. The highest BCUT2D eigenvalue weighted by Crippen LogP contribution is 2.11. The lowest BCUT2D eigenvalue weighted by molar-refractivity contribution is 0.0907. The fourth-order valence-corrected chi connectivity index (χ4v) is 2.14. The maximum absolute atomic E-state index is 4.37. The quantitative estimate of drug-likeness (QED) is 0.709. The predicted molar refractivity (Wildman–Crippen MR) is 60.6 cm³/mol. The van der Waals surface area contributed by atoms with Crippen LogP contribution in [-0.4, -0.2) is 52.1 Å². The van der Waals surface area contributed by atoms with Crippen molar-refractivity contribution < 1.29 is 0 Å². The Labute approximate surface area is 91.5 Å². The number of piperazine rings is 1. The molecule has 0 amide bonds. The van der Waals surface area contributed by atoms with Gasteiger partial charge in [0, 0.05) is 45.1 Å². The molecule has 1 aliphatic rings. The molecule has 0 N–H and O–H groups in total. The van der Waals surface area contributed by atoms with Crippen molar-refractivity contribution in [3.8, 4) is 0 Å². The molecule has 0 spiro atoms. The second-order valence-corrected chi connectivity index (χ2v) is 4.54. The summed E-state index contributed by atoms with van der Waals surface area (Å²) in [6.07, 6.45) is 3.88. The van der Waals surface area contributed by atoms with Gasteiger partial charge in [-0.1, -0.05) is 0 Å². The standard InChI is InChI=1S/C11H20N4/c1-10-8-13(2)6-7-15(10)9-11-12-4-5-14(11)3/h4-5,10H,6-9H2,1-3H3. The Kier molecular flexibility index (Phi) is 3.07. The molecular formula is C11H20N4. The first-order valence-electron chi connectivity index (χ1n) is 5.55. The number of likely N-dealkylation sites (N-methyl/N-ethyl adjacent to an activating group) is 1. The lowest BCUT2D eigenvalue weighted by Crippen LogP contribution is -2.50. The van der Waals surface area contributed by atoms with Gasteiger partial charge in [-0.3, -0.25) is 4.90 Å². The second-order valence-electron chi connectivity index (χ2n) is 4.54. The molecule has 0 bridgehead atoms. The lowest BCUT2D eigenvalue weighted by Gasteiger charge is -2.37. The van der Waals surface area contributed by atoms with E-state index in [1.54, 1.807) is 0 Å². The monoisotopic (exact) mass is 208 g/mol. The van der Waals surface area contributed by atoms with Crippen LogP contribution in [0.1, 0.15) is 12.7 Å². The van der Waals surface area contributed by atoms with Crippen LogP contribution in [0.5, 0.6) is 0 Å². The summed E-state index contributed by atoms with van der Waals surface area (Å²) in [6, 6.07) is 0.625. The molecule has 0 saturated carbocycles. The van der Waals surface area contributed by atoms with Crippen LogP contribution in [0.3, 0.4) is 0 Å². The summed E-state index contributed by atoms with van der Waals surface area (Å²) >= 11 is 0. The third-order valence-corrected chi connectivity index (χ3v) is 3.23. The first-order valence-corrected chi connectivity index (χ1v) is 5.55. The number of hydrogen-bond donors (Lipinski definition) is 0. The Morgan fingerprint density at radius 2 is 2.20 bits per heavy atom. The normalized spacial score (nSPS) is 24.6. The average Bonchev–Trinajstić information content (AvgIpc) is 2.57. The van der Waals surface area contributed by atoms with Gasteiger partial charge >= 0.3 is 0 Å². The number of aromatic nitrogens is 2. The van der Waals surface area contributed by atoms with Crippen LogP contribution in [0.25, 0.3) is 0 Å². The SMILES string of the molecule is CC1CN(C)CCN1Cc1nccn1C. The molecular weight excluding hydrogens is 188 g/mol. The Balaban J connectivity index is 1.98. The molecule has 1 unspecified atom stereocenters. The molecule has 1 aliphatic heterocycles. The maximum atomic E-state index is 4.37. The summed E-state index contributed by atoms with van der Waals surface area (Å²) in [7, 11) is 4.25. The first-order chi connectivity index (χ1) is 7.16. The van der Waals surface area contributed by atoms with Crippen LogP contribution < -0.4 is 0 Å². The van der Waals surface area contributed by atoms with Crippen LogP contribution in [-0.2, 0) is 13.6 Å². The van der Waals surface area contributed by atoms with E-state index < -0.39 is 0 Å². The average molecular weight is 208 g/mol. The lowest BCUT2D eigenvalue weighted by atomic mass is 10.2. The molecule has 1 fully saturated rings. The Bertz CT molecular complexity index is 320. The molecule has 4 heteroatoms. The van der Waals surface area contributed by atoms with Crippen molar-refractivity contribution in [1.82, 2.24) is 19.4 Å². The third-order valence-electron chi connectivity index (χ3n) is 3.23. The van der Waals surface area contributed by atoms with Gasteiger partial charge in [-0.25, -0.2) is 4.98 Å². The van der Waals surface area contributed by atoms with E-state index in [0.717, 1.165) is 32.0 Å². The Morgan fingerprint density at radius 1 is 1.40 bits per heavy atom. The van der Waals surface area contributed by atoms with Crippen LogP contribution in [0.4, 0.5) is 0 Å². The van der Waals surface area contributed by atoms with Gasteiger partial charge in [0.15, 0.2) is 0 Å². The summed E-state index contributed by atoms with van der Waals surface area (Å²) in [5, 5.41) is 0. The zero-order valence-corrected chi connectivity index (χ0v) is 9.85. The van der Waals surface area contributed by atoms with Gasteiger partial charge in [0.1, 0.15) is 5.82 Å². The van der Waals surface area contributed by atoms with Crippen molar-refractivity contribution in [1.29, 1.82) is 0 Å². The number of hydrogen-bond acceptors (Lipinski definition) is 3. The van der Waals surface area contributed by atoms with Gasteiger partial charge in [0.05, 0.1) is 6.54 Å². The molecule has 15 heavy (non-hydrogen) atoms. The Hall–Kier alpha value is -0.870. The van der Waals surface area contributed by atoms with E-state index in [2.05, 4.69) is 40.4 Å². The fraction of sp³-hybridized carbons (Fsp3) is 0.727. The van der Waals surface area contributed by atoms with E-state index in [9.17, 15) is 0 Å². The smallest absolute Gasteiger partial charge is 0.122 e. The molecule has 1 aromatic rings. The van der Waals surface area contributed by atoms with Crippen LogP contribution in [0.15, 0.2) is 12.4 Å². The van der Waals surface area contributed by atoms with Crippen molar-refractivity contribution in [3.05, 3.63) is 18.2 Å². The van der Waals surface area contributed by atoms with E-state index in [1.165, 1.54) is 0 Å². The Morgan fingerprint density at radius 3 is 2.80 bits per heavy atom. The van der Waals surface area contributed by atoms with Crippen LogP contribution in [0, 0.1) is 0 Å². The molecule has 0 aliphatic carbocycles. The predicted octanol–water partition coefficient (Wildman–Crippen LogP) is 0.556. The van der Waals surface area contributed by atoms with Crippen LogP contribution >= 0.6 is 0 Å². The zero-order valence-electron chi connectivity index (χ0n) is 9.85. The highest BCUT2D eigenvalue weighted by molar-refractivity contribution is 4.92. The third kappa shape index (κ3) is 2.38. The second kappa shape index (κ2) is 4.33. The molecule has 0 radical (unpaired) electrons. The van der Waals surface area contributed by atoms with E-state index in [4.69, 9.17) is 0 Å². The maximum Gasteiger partial charge on any atom is 0.122 e. The number of imidazole rings is 1. The van der Waals surface area contributed by atoms with Crippen molar-refractivity contribution in [3.63, 3.8) is 0 Å². The molecule has 0 aromatic carbocycles. The van der Waals surface area contributed by atoms with Gasteiger partial charge < -0.3 is 9.47 Å². The number of rotatable bonds is 2. The van der Waals surface area contributed by atoms with E-state index in [-0.39, 0.29) is 0 Å². The number of aryl methyl sites for hydroxylation is 1. The van der Waals surface area contributed by atoms with Crippen LogP contribution in [0.2, 0.25) is 0 Å². The van der Waals surface area contributed by atoms with E-state index in [0.29, 0.717) is 6.04 Å². The highest BCUT2D eigenvalue weighted by atomic mass is 15.3. The zero-order chi connectivity index (χ0) is 10.8. The van der Waals surface area contributed by atoms with Gasteiger partial charge in [-0.2, -0.15) is 0 Å². The van der Waals surface area contributed by atoms with Crippen molar-refractivity contribution >= 4 is 0 Å². The summed E-state index contributed by atoms with van der Waals surface area (Å²) in [5.41, 5.74) is 0. The largest absolute Gasteiger partial charge is 0.337 e. The topological polar surface area (TPSA) is 24.3 Å². The van der Waals surface area contributed by atoms with Crippen molar-refractivity contribution in [2.24, 2.45) is 7.05 Å². The van der Waals surface area contributed by atoms with E-state index >= 15 is 0 Å². The van der Waals surface area contributed by atoms with Gasteiger partial charge in [-0.15, -0.1) is 0 Å². The highest BCUT2D eigenvalue weighted by Gasteiger charge is 2.22. The summed E-state index contributed by atoms with van der Waals surface area (Å²) < 4.78 is 2.10. The summed E-state index contributed by atoms with van der Waals surface area (Å²) in [6.45, 7) is 6.72. The van der Waals surface area contributed by atoms with E-state index in [1.807, 2.05) is 12.4 Å². The minimum atomic E-state index is 0.625. The summed E-state index contributed by atoms with van der Waals surface area (Å²) in [4.78, 5) is 9.26. The molecule has 2 heterocycles. The molecule has 84 valence electrons. The van der Waals surface area contributed by atoms with Gasteiger partial charge in [0.2, 0.25) is 0 Å². The van der Waals surface area contributed by atoms with Gasteiger partial charge in [-0.05, 0) is 14.0 Å². The minimum Gasteiger partial charge on any atom is -0.337 e. The summed E-state index contributed by atoms with van der Waals surface area (Å²) in [5.74, 6) is 1.16. The molecule has 1 aromatic heterocycles. The van der Waals surface area contributed by atoms with Gasteiger partial charge in [0.25, 0.3) is 0 Å². The molecule has 2 rings (SSSR count). The fourth-order valence-electron chi connectivity index (χ4n) is 2.14. The van der Waals surface area contributed by atoms with Crippen molar-refractivity contribution in [2.75, 3.05) is 26.7 Å².